The lowest BCUT2D eigenvalue weighted by Crippen LogP contribution is -2.39. The molecule has 3 aromatic rings. The van der Waals surface area contributed by atoms with Gasteiger partial charge in [0.15, 0.2) is 0 Å². The largest absolute Gasteiger partial charge is 0.339 e. The molecule has 7 nitrogen and oxygen atoms in total. The molecule has 2 heterocycles. The molecule has 4 rings (SSSR count). The quantitative estimate of drug-likeness (QED) is 0.527. The van der Waals surface area contributed by atoms with Crippen LogP contribution in [0.1, 0.15) is 42.9 Å². The lowest BCUT2D eigenvalue weighted by molar-refractivity contribution is 0.0683. The Morgan fingerprint density at radius 3 is 2.30 bits per heavy atom. The number of hydrogen-bond donors (Lipinski definition) is 0. The summed E-state index contributed by atoms with van der Waals surface area (Å²) in [6.07, 6.45) is 1.87. The van der Waals surface area contributed by atoms with Gasteiger partial charge in [0.1, 0.15) is 5.82 Å². The standard InChI is InChI=1S/C25H32N4O3S/c1-4-28(5-2)33(31,32)22-12-10-21(11-13-22)25(30)27-16-14-20(15-17-27)18-29-19(3)26-23-8-6-7-9-24(23)29/h6-13,20H,4-5,14-18H2,1-3H3. The zero-order valence-corrected chi connectivity index (χ0v) is 20.4. The summed E-state index contributed by atoms with van der Waals surface area (Å²) in [6.45, 7) is 8.84. The van der Waals surface area contributed by atoms with Crippen molar-refractivity contribution < 1.29 is 13.2 Å². The molecule has 1 amide bonds. The van der Waals surface area contributed by atoms with Gasteiger partial charge in [0.2, 0.25) is 10.0 Å². The number of fused-ring (bicyclic) bond motifs is 1. The van der Waals surface area contributed by atoms with E-state index in [1.807, 2.05) is 43.9 Å². The Hall–Kier alpha value is -2.71. The second kappa shape index (κ2) is 9.65. The highest BCUT2D eigenvalue weighted by Crippen LogP contribution is 2.25. The summed E-state index contributed by atoms with van der Waals surface area (Å²) in [7, 11) is -3.52. The van der Waals surface area contributed by atoms with E-state index in [2.05, 4.69) is 15.6 Å². The normalized spacial score (nSPS) is 15.5. The Morgan fingerprint density at radius 2 is 1.67 bits per heavy atom. The van der Waals surface area contributed by atoms with E-state index < -0.39 is 10.0 Å². The van der Waals surface area contributed by atoms with Crippen LogP contribution >= 0.6 is 0 Å². The molecule has 33 heavy (non-hydrogen) atoms. The lowest BCUT2D eigenvalue weighted by atomic mass is 9.96. The van der Waals surface area contributed by atoms with Crippen LogP contribution in [0.15, 0.2) is 53.4 Å². The molecule has 8 heteroatoms. The molecule has 0 spiro atoms. The zero-order valence-electron chi connectivity index (χ0n) is 19.6. The molecule has 0 saturated carbocycles. The minimum absolute atomic E-state index is 0.0375. The van der Waals surface area contributed by atoms with E-state index >= 15 is 0 Å². The molecule has 0 aliphatic carbocycles. The summed E-state index contributed by atoms with van der Waals surface area (Å²) in [5, 5.41) is 0. The third-order valence-corrected chi connectivity index (χ3v) is 8.70. The molecule has 0 bridgehead atoms. The second-order valence-electron chi connectivity index (χ2n) is 8.61. The van der Waals surface area contributed by atoms with Crippen molar-refractivity contribution in [2.24, 2.45) is 5.92 Å². The third kappa shape index (κ3) is 4.68. The molecule has 1 saturated heterocycles. The number of rotatable bonds is 7. The molecule has 0 unspecified atom stereocenters. The van der Waals surface area contributed by atoms with Crippen LogP contribution in [0.3, 0.4) is 0 Å². The maximum atomic E-state index is 13.0. The minimum atomic E-state index is -3.52. The van der Waals surface area contributed by atoms with Gasteiger partial charge >= 0.3 is 0 Å². The van der Waals surface area contributed by atoms with Gasteiger partial charge < -0.3 is 9.47 Å². The van der Waals surface area contributed by atoms with Crippen molar-refractivity contribution in [2.45, 2.75) is 45.1 Å². The van der Waals surface area contributed by atoms with Crippen LogP contribution in [-0.2, 0) is 16.6 Å². The number of aromatic nitrogens is 2. The fraction of sp³-hybridized carbons (Fsp3) is 0.440. The van der Waals surface area contributed by atoms with Crippen LogP contribution < -0.4 is 0 Å². The molecule has 0 atom stereocenters. The van der Waals surface area contributed by atoms with Crippen molar-refractivity contribution in [1.82, 2.24) is 18.8 Å². The molecule has 176 valence electrons. The number of carbonyl (C=O) groups excluding carboxylic acids is 1. The van der Waals surface area contributed by atoms with E-state index in [1.165, 1.54) is 4.31 Å². The van der Waals surface area contributed by atoms with Gasteiger partial charge in [0.25, 0.3) is 5.91 Å². The smallest absolute Gasteiger partial charge is 0.253 e. The number of para-hydroxylation sites is 2. The monoisotopic (exact) mass is 468 g/mol. The van der Waals surface area contributed by atoms with E-state index in [-0.39, 0.29) is 10.8 Å². The fourth-order valence-electron chi connectivity index (χ4n) is 4.67. The Bertz CT molecular complexity index is 1220. The average molecular weight is 469 g/mol. The lowest BCUT2D eigenvalue weighted by Gasteiger charge is -2.32. The number of carbonyl (C=O) groups is 1. The fourth-order valence-corrected chi connectivity index (χ4v) is 6.13. The molecule has 1 aliphatic rings. The van der Waals surface area contributed by atoms with Crippen molar-refractivity contribution in [2.75, 3.05) is 26.2 Å². The van der Waals surface area contributed by atoms with Gasteiger partial charge in [-0.2, -0.15) is 4.31 Å². The van der Waals surface area contributed by atoms with Crippen molar-refractivity contribution >= 4 is 27.0 Å². The first-order valence-electron chi connectivity index (χ1n) is 11.7. The SMILES string of the molecule is CCN(CC)S(=O)(=O)c1ccc(C(=O)N2CCC(Cn3c(C)nc4ccccc43)CC2)cc1. The van der Waals surface area contributed by atoms with Crippen molar-refractivity contribution in [3.63, 3.8) is 0 Å². The van der Waals surface area contributed by atoms with Crippen LogP contribution in [0, 0.1) is 12.8 Å². The van der Waals surface area contributed by atoms with Gasteiger partial charge in [-0.25, -0.2) is 13.4 Å². The highest BCUT2D eigenvalue weighted by atomic mass is 32.2. The molecular weight excluding hydrogens is 436 g/mol. The van der Waals surface area contributed by atoms with Crippen LogP contribution in [0.4, 0.5) is 0 Å². The van der Waals surface area contributed by atoms with Gasteiger partial charge in [-0.15, -0.1) is 0 Å². The molecule has 2 aromatic carbocycles. The predicted octanol–water partition coefficient (Wildman–Crippen LogP) is 3.93. The van der Waals surface area contributed by atoms with Crippen molar-refractivity contribution in [3.05, 3.63) is 59.9 Å². The van der Waals surface area contributed by atoms with Crippen LogP contribution in [0.5, 0.6) is 0 Å². The van der Waals surface area contributed by atoms with E-state index in [0.29, 0.717) is 37.7 Å². The van der Waals surface area contributed by atoms with Gasteiger partial charge in [-0.3, -0.25) is 4.79 Å². The maximum Gasteiger partial charge on any atom is 0.253 e. The Balaban J connectivity index is 1.39. The number of piperidine rings is 1. The third-order valence-electron chi connectivity index (χ3n) is 6.63. The molecule has 0 N–H and O–H groups in total. The molecule has 1 aromatic heterocycles. The summed E-state index contributed by atoms with van der Waals surface area (Å²) in [5.41, 5.74) is 2.71. The predicted molar refractivity (Wildman–Crippen MR) is 130 cm³/mol. The van der Waals surface area contributed by atoms with E-state index in [4.69, 9.17) is 0 Å². The zero-order chi connectivity index (χ0) is 23.6. The first-order valence-corrected chi connectivity index (χ1v) is 13.1. The first-order chi connectivity index (χ1) is 15.8. The number of sulfonamides is 1. The maximum absolute atomic E-state index is 13.0. The number of amides is 1. The Labute approximate surface area is 196 Å². The number of benzene rings is 2. The topological polar surface area (TPSA) is 75.5 Å². The molecule has 1 fully saturated rings. The van der Waals surface area contributed by atoms with E-state index in [0.717, 1.165) is 36.2 Å². The minimum Gasteiger partial charge on any atom is -0.339 e. The highest BCUT2D eigenvalue weighted by molar-refractivity contribution is 7.89. The summed E-state index contributed by atoms with van der Waals surface area (Å²) in [6, 6.07) is 14.5. The molecular formula is C25H32N4O3S. The summed E-state index contributed by atoms with van der Waals surface area (Å²) in [4.78, 5) is 19.8. The summed E-state index contributed by atoms with van der Waals surface area (Å²) < 4.78 is 29.0. The second-order valence-corrected chi connectivity index (χ2v) is 10.5. The Kier molecular flexibility index (Phi) is 6.86. The first kappa shape index (κ1) is 23.4. The van der Waals surface area contributed by atoms with E-state index in [9.17, 15) is 13.2 Å². The number of likely N-dealkylation sites (tertiary alicyclic amines) is 1. The average Bonchev–Trinajstić information content (AvgIpc) is 3.14. The van der Waals surface area contributed by atoms with Crippen molar-refractivity contribution in [3.8, 4) is 0 Å². The molecule has 0 radical (unpaired) electrons. The van der Waals surface area contributed by atoms with Gasteiger partial charge in [0.05, 0.1) is 15.9 Å². The Morgan fingerprint density at radius 1 is 1.03 bits per heavy atom. The van der Waals surface area contributed by atoms with E-state index in [1.54, 1.807) is 24.3 Å². The van der Waals surface area contributed by atoms with Gasteiger partial charge in [-0.1, -0.05) is 26.0 Å². The number of imidazole rings is 1. The number of hydrogen-bond acceptors (Lipinski definition) is 4. The summed E-state index contributed by atoms with van der Waals surface area (Å²) >= 11 is 0. The van der Waals surface area contributed by atoms with Gasteiger partial charge in [0, 0.05) is 38.3 Å². The highest BCUT2D eigenvalue weighted by Gasteiger charge is 2.26. The number of nitrogens with zero attached hydrogens (tertiary/aromatic N) is 4. The number of aryl methyl sites for hydroxylation is 1. The van der Waals surface area contributed by atoms with Gasteiger partial charge in [-0.05, 0) is 62.1 Å². The van der Waals surface area contributed by atoms with Crippen LogP contribution in [0.2, 0.25) is 0 Å². The van der Waals surface area contributed by atoms with Crippen LogP contribution in [0.25, 0.3) is 11.0 Å². The van der Waals surface area contributed by atoms with Crippen molar-refractivity contribution in [1.29, 1.82) is 0 Å². The van der Waals surface area contributed by atoms with Crippen LogP contribution in [-0.4, -0.2) is 59.3 Å². The summed E-state index contributed by atoms with van der Waals surface area (Å²) in [5.74, 6) is 1.48. The molecule has 1 aliphatic heterocycles.